The minimum Gasteiger partial charge on any atom is -0.393 e. The highest BCUT2D eigenvalue weighted by Gasteiger charge is 2.30. The van der Waals surface area contributed by atoms with Crippen molar-refractivity contribution in [2.45, 2.75) is 38.8 Å². The van der Waals surface area contributed by atoms with Gasteiger partial charge in [0.2, 0.25) is 0 Å². The zero-order valence-corrected chi connectivity index (χ0v) is 12.6. The zero-order valence-electron chi connectivity index (χ0n) is 12.6. The van der Waals surface area contributed by atoms with Gasteiger partial charge in [0.15, 0.2) is 0 Å². The summed E-state index contributed by atoms with van der Waals surface area (Å²) in [4.78, 5) is 12.6. The van der Waals surface area contributed by atoms with E-state index in [-0.39, 0.29) is 11.4 Å². The number of benzene rings is 1. The predicted molar refractivity (Wildman–Crippen MR) is 81.8 cm³/mol. The van der Waals surface area contributed by atoms with Crippen molar-refractivity contribution in [2.75, 3.05) is 18.8 Å². The Morgan fingerprint density at radius 2 is 2.05 bits per heavy atom. The highest BCUT2D eigenvalue weighted by atomic mass is 16.6. The summed E-state index contributed by atoms with van der Waals surface area (Å²) < 4.78 is 0. The Hall–Kier alpha value is -1.66. The summed E-state index contributed by atoms with van der Waals surface area (Å²) in [5, 5.41) is 20.8. The summed E-state index contributed by atoms with van der Waals surface area (Å²) in [6.45, 7) is 6.31. The van der Waals surface area contributed by atoms with Gasteiger partial charge in [0.05, 0.1) is 10.5 Å². The normalized spacial score (nSPS) is 17.9. The number of nitrogen functional groups attached to an aromatic ring is 1. The largest absolute Gasteiger partial charge is 0.393 e. The van der Waals surface area contributed by atoms with Crippen LogP contribution in [0.15, 0.2) is 18.2 Å². The first-order valence-corrected chi connectivity index (χ1v) is 7.25. The molecule has 0 bridgehead atoms. The molecular formula is C15H23N3O3. The van der Waals surface area contributed by atoms with E-state index in [1.54, 1.807) is 12.1 Å². The Kier molecular flexibility index (Phi) is 4.49. The fraction of sp³-hybridized carbons (Fsp3) is 0.600. The maximum absolute atomic E-state index is 10.7. The minimum atomic E-state index is -0.621. The Balaban J connectivity index is 1.95. The highest BCUT2D eigenvalue weighted by Crippen LogP contribution is 2.29. The van der Waals surface area contributed by atoms with Gasteiger partial charge >= 0.3 is 0 Å². The van der Waals surface area contributed by atoms with Gasteiger partial charge in [0, 0.05) is 12.6 Å². The first-order chi connectivity index (χ1) is 9.77. The van der Waals surface area contributed by atoms with Crippen LogP contribution in [0.4, 0.5) is 11.4 Å². The van der Waals surface area contributed by atoms with Crippen LogP contribution >= 0.6 is 0 Å². The Morgan fingerprint density at radius 1 is 1.43 bits per heavy atom. The van der Waals surface area contributed by atoms with Gasteiger partial charge in [0.1, 0.15) is 5.69 Å². The molecule has 6 nitrogen and oxygen atoms in total. The quantitative estimate of drug-likeness (QED) is 0.504. The first kappa shape index (κ1) is 15.7. The van der Waals surface area contributed by atoms with E-state index >= 15 is 0 Å². The lowest BCUT2D eigenvalue weighted by atomic mass is 9.83. The van der Waals surface area contributed by atoms with Gasteiger partial charge in [-0.15, -0.1) is 0 Å². The van der Waals surface area contributed by atoms with Gasteiger partial charge in [0.25, 0.3) is 5.69 Å². The molecule has 0 aliphatic carbocycles. The summed E-state index contributed by atoms with van der Waals surface area (Å²) in [6, 6.07) is 4.91. The molecule has 3 N–H and O–H groups in total. The van der Waals surface area contributed by atoms with Gasteiger partial charge in [-0.3, -0.25) is 15.0 Å². The molecule has 0 saturated carbocycles. The minimum absolute atomic E-state index is 0.0421. The number of piperidine rings is 1. The molecular weight excluding hydrogens is 270 g/mol. The molecule has 1 aliphatic rings. The second-order valence-electron chi connectivity index (χ2n) is 6.35. The molecule has 0 unspecified atom stereocenters. The second kappa shape index (κ2) is 5.99. The molecule has 0 spiro atoms. The number of nitrogens with zero attached hydrogens (tertiary/aromatic N) is 2. The van der Waals surface area contributed by atoms with Crippen LogP contribution in [-0.2, 0) is 6.54 Å². The number of hydrogen-bond acceptors (Lipinski definition) is 5. The Bertz CT molecular complexity index is 517. The standard InChI is InChI=1S/C15H23N3O3/c1-15(2,19)12-5-7-17(8-6-12)10-11-3-4-14(18(20)21)13(16)9-11/h3-4,9,12,19H,5-8,10,16H2,1-2H3. The molecule has 0 atom stereocenters. The molecule has 1 heterocycles. The lowest BCUT2D eigenvalue weighted by Crippen LogP contribution is -2.41. The van der Waals surface area contributed by atoms with Gasteiger partial charge < -0.3 is 10.8 Å². The van der Waals surface area contributed by atoms with Crippen LogP contribution < -0.4 is 5.73 Å². The van der Waals surface area contributed by atoms with Crippen LogP contribution in [0.25, 0.3) is 0 Å². The van der Waals surface area contributed by atoms with Crippen LogP contribution in [0.5, 0.6) is 0 Å². The number of aliphatic hydroxyl groups is 1. The van der Waals surface area contributed by atoms with Crippen LogP contribution in [0, 0.1) is 16.0 Å². The van der Waals surface area contributed by atoms with E-state index in [4.69, 9.17) is 5.73 Å². The van der Waals surface area contributed by atoms with Gasteiger partial charge in [-0.1, -0.05) is 6.07 Å². The predicted octanol–water partition coefficient (Wildman–Crippen LogP) is 2.16. The smallest absolute Gasteiger partial charge is 0.292 e. The third-order valence-electron chi connectivity index (χ3n) is 4.28. The lowest BCUT2D eigenvalue weighted by molar-refractivity contribution is -0.383. The molecule has 2 rings (SSSR count). The molecule has 21 heavy (non-hydrogen) atoms. The molecule has 116 valence electrons. The summed E-state index contributed by atoms with van der Waals surface area (Å²) in [7, 11) is 0. The average molecular weight is 293 g/mol. The third kappa shape index (κ3) is 3.92. The van der Waals surface area contributed by atoms with E-state index in [1.165, 1.54) is 6.07 Å². The molecule has 1 aromatic rings. The van der Waals surface area contributed by atoms with Crippen molar-refractivity contribution in [3.63, 3.8) is 0 Å². The molecule has 1 saturated heterocycles. The van der Waals surface area contributed by atoms with E-state index in [0.717, 1.165) is 38.0 Å². The van der Waals surface area contributed by atoms with Crippen molar-refractivity contribution in [3.05, 3.63) is 33.9 Å². The lowest BCUT2D eigenvalue weighted by Gasteiger charge is -2.37. The van der Waals surface area contributed by atoms with Crippen LogP contribution in [0.2, 0.25) is 0 Å². The molecule has 1 aromatic carbocycles. The molecule has 0 aromatic heterocycles. The number of hydrogen-bond donors (Lipinski definition) is 2. The number of rotatable bonds is 4. The number of anilines is 1. The fourth-order valence-corrected chi connectivity index (χ4v) is 2.92. The van der Waals surface area contributed by atoms with Crippen molar-refractivity contribution in [2.24, 2.45) is 5.92 Å². The van der Waals surface area contributed by atoms with Crippen LogP contribution in [0.1, 0.15) is 32.3 Å². The van der Waals surface area contributed by atoms with Crippen molar-refractivity contribution < 1.29 is 10.0 Å². The van der Waals surface area contributed by atoms with E-state index in [0.29, 0.717) is 5.92 Å². The van der Waals surface area contributed by atoms with E-state index in [1.807, 2.05) is 13.8 Å². The maximum atomic E-state index is 10.7. The average Bonchev–Trinajstić information content (AvgIpc) is 2.38. The molecule has 0 amide bonds. The van der Waals surface area contributed by atoms with Crippen LogP contribution in [0.3, 0.4) is 0 Å². The monoisotopic (exact) mass is 293 g/mol. The second-order valence-corrected chi connectivity index (χ2v) is 6.35. The van der Waals surface area contributed by atoms with Crippen molar-refractivity contribution in [1.82, 2.24) is 4.90 Å². The Labute approximate surface area is 124 Å². The summed E-state index contributed by atoms with van der Waals surface area (Å²) in [5.74, 6) is 0.329. The molecule has 1 aliphatic heterocycles. The summed E-state index contributed by atoms with van der Waals surface area (Å²) in [6.07, 6.45) is 1.93. The maximum Gasteiger partial charge on any atom is 0.292 e. The number of nitrogens with two attached hydrogens (primary N) is 1. The van der Waals surface area contributed by atoms with Crippen LogP contribution in [-0.4, -0.2) is 33.6 Å². The summed E-state index contributed by atoms with van der Waals surface area (Å²) >= 11 is 0. The van der Waals surface area contributed by atoms with E-state index < -0.39 is 10.5 Å². The number of nitro groups is 1. The Morgan fingerprint density at radius 3 is 2.52 bits per heavy atom. The number of likely N-dealkylation sites (tertiary alicyclic amines) is 1. The fourth-order valence-electron chi connectivity index (χ4n) is 2.92. The van der Waals surface area contributed by atoms with E-state index in [9.17, 15) is 15.2 Å². The topological polar surface area (TPSA) is 92.6 Å². The van der Waals surface area contributed by atoms with Crippen molar-refractivity contribution >= 4 is 11.4 Å². The zero-order chi connectivity index (χ0) is 15.6. The van der Waals surface area contributed by atoms with Crippen molar-refractivity contribution in [3.8, 4) is 0 Å². The van der Waals surface area contributed by atoms with Gasteiger partial charge in [-0.05, 0) is 57.3 Å². The SMILES string of the molecule is CC(C)(O)C1CCN(Cc2ccc([N+](=O)[O-])c(N)c2)CC1. The highest BCUT2D eigenvalue weighted by molar-refractivity contribution is 5.59. The third-order valence-corrected chi connectivity index (χ3v) is 4.28. The van der Waals surface area contributed by atoms with Gasteiger partial charge in [-0.2, -0.15) is 0 Å². The number of nitro benzene ring substituents is 1. The molecule has 0 radical (unpaired) electrons. The first-order valence-electron chi connectivity index (χ1n) is 7.25. The van der Waals surface area contributed by atoms with Gasteiger partial charge in [-0.25, -0.2) is 0 Å². The summed E-state index contributed by atoms with van der Waals surface area (Å²) in [5.41, 5.74) is 6.25. The van der Waals surface area contributed by atoms with Crippen molar-refractivity contribution in [1.29, 1.82) is 0 Å². The molecule has 1 fully saturated rings. The molecule has 6 heteroatoms. The van der Waals surface area contributed by atoms with E-state index in [2.05, 4.69) is 4.90 Å².